The van der Waals surface area contributed by atoms with E-state index in [1.54, 1.807) is 0 Å². The van der Waals surface area contributed by atoms with E-state index in [9.17, 15) is 10.2 Å². The maximum absolute atomic E-state index is 9.76. The molecule has 0 spiro atoms. The number of rotatable bonds is 2. The fourth-order valence-corrected chi connectivity index (χ4v) is 5.03. The number of fused-ring (bicyclic) bond motifs is 1. The first-order chi connectivity index (χ1) is 7.95. The lowest BCUT2D eigenvalue weighted by Crippen LogP contribution is -2.53. The zero-order valence-corrected chi connectivity index (χ0v) is 11.6. The van der Waals surface area contributed by atoms with Gasteiger partial charge in [0.2, 0.25) is 0 Å². The molecule has 2 fully saturated rings. The first kappa shape index (κ1) is 13.4. The van der Waals surface area contributed by atoms with Gasteiger partial charge in [0.1, 0.15) is 0 Å². The Morgan fingerprint density at radius 3 is 2.29 bits per heavy atom. The molecular formula is C15H28O2. The van der Waals surface area contributed by atoms with Crippen LogP contribution in [-0.4, -0.2) is 23.4 Å². The summed E-state index contributed by atoms with van der Waals surface area (Å²) < 4.78 is 0. The molecular weight excluding hydrogens is 212 g/mol. The summed E-state index contributed by atoms with van der Waals surface area (Å²) >= 11 is 0. The zero-order chi connectivity index (χ0) is 12.7. The summed E-state index contributed by atoms with van der Waals surface area (Å²) in [6.07, 6.45) is 6.13. The third-order valence-corrected chi connectivity index (χ3v) is 5.95. The van der Waals surface area contributed by atoms with Crippen LogP contribution in [0.2, 0.25) is 0 Å². The molecule has 0 aromatic carbocycles. The quantitative estimate of drug-likeness (QED) is 0.779. The number of aliphatic hydroxyl groups is 2. The van der Waals surface area contributed by atoms with Gasteiger partial charge in [0.05, 0.1) is 0 Å². The van der Waals surface area contributed by atoms with Crippen molar-refractivity contribution in [2.45, 2.75) is 52.9 Å². The van der Waals surface area contributed by atoms with Gasteiger partial charge in [-0.25, -0.2) is 0 Å². The molecule has 0 amide bonds. The van der Waals surface area contributed by atoms with Gasteiger partial charge in [-0.3, -0.25) is 0 Å². The summed E-state index contributed by atoms with van der Waals surface area (Å²) in [5.74, 6) is 1.32. The van der Waals surface area contributed by atoms with Crippen molar-refractivity contribution in [2.24, 2.45) is 28.6 Å². The Balaban J connectivity index is 2.30. The number of hydrogen-bond acceptors (Lipinski definition) is 2. The van der Waals surface area contributed by atoms with Gasteiger partial charge in [0.25, 0.3) is 0 Å². The first-order valence-corrected chi connectivity index (χ1v) is 7.17. The number of hydrogen-bond donors (Lipinski definition) is 2. The lowest BCUT2D eigenvalue weighted by atomic mass is 9.46. The second-order valence-corrected chi connectivity index (χ2v) is 7.21. The molecule has 0 saturated heterocycles. The Morgan fingerprint density at radius 2 is 1.71 bits per heavy atom. The van der Waals surface area contributed by atoms with E-state index >= 15 is 0 Å². The lowest BCUT2D eigenvalue weighted by molar-refractivity contribution is -0.119. The summed E-state index contributed by atoms with van der Waals surface area (Å²) in [4.78, 5) is 0. The molecule has 0 aliphatic heterocycles. The normalized spacial score (nSPS) is 45.4. The van der Waals surface area contributed by atoms with Crippen LogP contribution in [0.4, 0.5) is 0 Å². The van der Waals surface area contributed by atoms with Gasteiger partial charge in [-0.1, -0.05) is 27.2 Å². The van der Waals surface area contributed by atoms with E-state index in [0.29, 0.717) is 23.2 Å². The smallest absolute Gasteiger partial charge is 0.0468 e. The van der Waals surface area contributed by atoms with E-state index in [1.165, 1.54) is 25.7 Å². The molecule has 2 N–H and O–H groups in total. The fraction of sp³-hybridized carbons (Fsp3) is 1.00. The molecule has 17 heavy (non-hydrogen) atoms. The van der Waals surface area contributed by atoms with Crippen molar-refractivity contribution in [3.8, 4) is 0 Å². The highest BCUT2D eigenvalue weighted by molar-refractivity contribution is 5.03. The maximum atomic E-state index is 9.76. The highest BCUT2D eigenvalue weighted by atomic mass is 16.3. The molecule has 0 bridgehead atoms. The van der Waals surface area contributed by atoms with Crippen molar-refractivity contribution >= 4 is 0 Å². The SMILES string of the molecule is CC1(C)CCC[C@@]2(C)C1CC[C@H](CO)[C@@H]2CO. The highest BCUT2D eigenvalue weighted by Crippen LogP contribution is 2.60. The molecule has 0 aromatic rings. The molecule has 2 rings (SSSR count). The predicted molar refractivity (Wildman–Crippen MR) is 69.6 cm³/mol. The van der Waals surface area contributed by atoms with Crippen LogP contribution >= 0.6 is 0 Å². The van der Waals surface area contributed by atoms with Crippen LogP contribution < -0.4 is 0 Å². The summed E-state index contributed by atoms with van der Waals surface area (Å²) in [5, 5.41) is 19.3. The molecule has 0 radical (unpaired) electrons. The lowest BCUT2D eigenvalue weighted by Gasteiger charge is -2.59. The van der Waals surface area contributed by atoms with Crippen molar-refractivity contribution in [2.75, 3.05) is 13.2 Å². The minimum Gasteiger partial charge on any atom is -0.396 e. The summed E-state index contributed by atoms with van der Waals surface area (Å²) in [7, 11) is 0. The minimum absolute atomic E-state index is 0.238. The van der Waals surface area contributed by atoms with Crippen molar-refractivity contribution in [3.05, 3.63) is 0 Å². The van der Waals surface area contributed by atoms with E-state index in [1.807, 2.05) is 0 Å². The number of aliphatic hydroxyl groups excluding tert-OH is 2. The fourth-order valence-electron chi connectivity index (χ4n) is 5.03. The van der Waals surface area contributed by atoms with Crippen molar-refractivity contribution in [3.63, 3.8) is 0 Å². The molecule has 2 aliphatic rings. The molecule has 2 saturated carbocycles. The zero-order valence-electron chi connectivity index (χ0n) is 11.6. The molecule has 0 heterocycles. The first-order valence-electron chi connectivity index (χ1n) is 7.17. The standard InChI is InChI=1S/C15H28O2/c1-14(2)7-4-8-15(3)12(10-17)11(9-16)5-6-13(14)15/h11-13,16-17H,4-10H2,1-3H3/t11-,12+,13?,15-/m1/s1. The molecule has 2 nitrogen and oxygen atoms in total. The Labute approximate surface area is 105 Å². The van der Waals surface area contributed by atoms with E-state index in [0.717, 1.165) is 6.42 Å². The summed E-state index contributed by atoms with van der Waals surface area (Å²) in [6.45, 7) is 7.63. The molecule has 1 unspecified atom stereocenters. The molecule has 0 aromatic heterocycles. The van der Waals surface area contributed by atoms with Gasteiger partial charge in [-0.2, -0.15) is 0 Å². The van der Waals surface area contributed by atoms with Crippen molar-refractivity contribution in [1.29, 1.82) is 0 Å². The van der Waals surface area contributed by atoms with Gasteiger partial charge >= 0.3 is 0 Å². The van der Waals surface area contributed by atoms with E-state index in [2.05, 4.69) is 20.8 Å². The monoisotopic (exact) mass is 240 g/mol. The molecule has 2 heteroatoms. The van der Waals surface area contributed by atoms with Gasteiger partial charge < -0.3 is 10.2 Å². The third kappa shape index (κ3) is 2.04. The van der Waals surface area contributed by atoms with Gasteiger partial charge in [-0.15, -0.1) is 0 Å². The largest absolute Gasteiger partial charge is 0.396 e. The van der Waals surface area contributed by atoms with Crippen LogP contribution in [0.3, 0.4) is 0 Å². The van der Waals surface area contributed by atoms with Gasteiger partial charge in [-0.05, 0) is 54.3 Å². The van der Waals surface area contributed by atoms with Crippen LogP contribution in [0, 0.1) is 28.6 Å². The van der Waals surface area contributed by atoms with Crippen LogP contribution in [0.1, 0.15) is 52.9 Å². The van der Waals surface area contributed by atoms with Crippen LogP contribution in [-0.2, 0) is 0 Å². The summed E-state index contributed by atoms with van der Waals surface area (Å²) in [5.41, 5.74) is 0.642. The van der Waals surface area contributed by atoms with Crippen molar-refractivity contribution in [1.82, 2.24) is 0 Å². The highest BCUT2D eigenvalue weighted by Gasteiger charge is 2.54. The van der Waals surface area contributed by atoms with E-state index in [-0.39, 0.29) is 18.6 Å². The average molecular weight is 240 g/mol. The molecule has 4 atom stereocenters. The van der Waals surface area contributed by atoms with Gasteiger partial charge in [0.15, 0.2) is 0 Å². The Kier molecular flexibility index (Phi) is 3.57. The Morgan fingerprint density at radius 1 is 1.00 bits per heavy atom. The summed E-state index contributed by atoms with van der Waals surface area (Å²) in [6, 6.07) is 0. The van der Waals surface area contributed by atoms with E-state index < -0.39 is 0 Å². The third-order valence-electron chi connectivity index (χ3n) is 5.95. The van der Waals surface area contributed by atoms with Crippen LogP contribution in [0.15, 0.2) is 0 Å². The second kappa shape index (κ2) is 4.55. The Bertz CT molecular complexity index is 274. The predicted octanol–water partition coefficient (Wildman–Crippen LogP) is 2.83. The van der Waals surface area contributed by atoms with E-state index in [4.69, 9.17) is 0 Å². The average Bonchev–Trinajstić information content (AvgIpc) is 2.26. The maximum Gasteiger partial charge on any atom is 0.0468 e. The van der Waals surface area contributed by atoms with Crippen molar-refractivity contribution < 1.29 is 10.2 Å². The minimum atomic E-state index is 0.238. The van der Waals surface area contributed by atoms with Gasteiger partial charge in [0, 0.05) is 13.2 Å². The van der Waals surface area contributed by atoms with Crippen LogP contribution in [0.5, 0.6) is 0 Å². The Hall–Kier alpha value is -0.0800. The molecule has 100 valence electrons. The van der Waals surface area contributed by atoms with Crippen LogP contribution in [0.25, 0.3) is 0 Å². The molecule has 2 aliphatic carbocycles. The topological polar surface area (TPSA) is 40.5 Å². The second-order valence-electron chi connectivity index (χ2n) is 7.21.